The van der Waals surface area contributed by atoms with Gasteiger partial charge in [-0.2, -0.15) is 0 Å². The highest BCUT2D eigenvalue weighted by atomic mass is 35.5. The number of pyridine rings is 1. The zero-order chi connectivity index (χ0) is 12.8. The summed E-state index contributed by atoms with van der Waals surface area (Å²) in [7, 11) is 0. The highest BCUT2D eigenvalue weighted by Crippen LogP contribution is 2.15. The molecule has 0 saturated carbocycles. The van der Waals surface area contributed by atoms with E-state index in [-0.39, 0.29) is 18.4 Å². The lowest BCUT2D eigenvalue weighted by Gasteiger charge is -2.11. The summed E-state index contributed by atoms with van der Waals surface area (Å²) >= 11 is 5.96. The number of nitrogens with one attached hydrogen (secondary N) is 1. The molecule has 0 fully saturated rings. The Morgan fingerprint density at radius 3 is 2.94 bits per heavy atom. The number of amides is 1. The van der Waals surface area contributed by atoms with E-state index in [0.29, 0.717) is 23.6 Å². The summed E-state index contributed by atoms with van der Waals surface area (Å²) in [5, 5.41) is 11.9. The van der Waals surface area contributed by atoms with E-state index in [9.17, 15) is 4.79 Å². The first-order valence-corrected chi connectivity index (χ1v) is 5.93. The van der Waals surface area contributed by atoms with Crippen LogP contribution in [0.5, 0.6) is 0 Å². The SMILES string of the molecule is Cc1cc(Cl)c(C(=O)NCC(C)CCO)cn1. The first kappa shape index (κ1) is 13.9. The van der Waals surface area contributed by atoms with Gasteiger partial charge in [-0.05, 0) is 25.3 Å². The minimum Gasteiger partial charge on any atom is -0.396 e. The number of nitrogens with zero attached hydrogens (tertiary/aromatic N) is 1. The molecule has 0 bridgehead atoms. The van der Waals surface area contributed by atoms with Crippen molar-refractivity contribution in [2.75, 3.05) is 13.2 Å². The van der Waals surface area contributed by atoms with Crippen LogP contribution in [0.25, 0.3) is 0 Å². The largest absolute Gasteiger partial charge is 0.396 e. The van der Waals surface area contributed by atoms with Crippen LogP contribution in [0, 0.1) is 12.8 Å². The van der Waals surface area contributed by atoms with Crippen molar-refractivity contribution in [3.05, 3.63) is 28.5 Å². The van der Waals surface area contributed by atoms with Crippen molar-refractivity contribution < 1.29 is 9.90 Å². The molecule has 0 aromatic carbocycles. The lowest BCUT2D eigenvalue weighted by molar-refractivity contribution is 0.0945. The lowest BCUT2D eigenvalue weighted by atomic mass is 10.1. The molecule has 2 N–H and O–H groups in total. The molecule has 4 nitrogen and oxygen atoms in total. The predicted molar refractivity (Wildman–Crippen MR) is 67.2 cm³/mol. The number of hydrogen-bond donors (Lipinski definition) is 2. The van der Waals surface area contributed by atoms with Crippen molar-refractivity contribution in [2.24, 2.45) is 5.92 Å². The lowest BCUT2D eigenvalue weighted by Crippen LogP contribution is -2.29. The van der Waals surface area contributed by atoms with Gasteiger partial charge in [-0.25, -0.2) is 0 Å². The summed E-state index contributed by atoms with van der Waals surface area (Å²) in [5.41, 5.74) is 1.16. The molecule has 0 saturated heterocycles. The second kappa shape index (κ2) is 6.57. The van der Waals surface area contributed by atoms with Crippen LogP contribution in [0.15, 0.2) is 12.3 Å². The first-order valence-electron chi connectivity index (χ1n) is 5.55. The molecule has 0 aliphatic rings. The third kappa shape index (κ3) is 4.32. The van der Waals surface area contributed by atoms with Gasteiger partial charge in [-0.15, -0.1) is 0 Å². The summed E-state index contributed by atoms with van der Waals surface area (Å²) in [4.78, 5) is 15.8. The van der Waals surface area contributed by atoms with Crippen LogP contribution in [0.1, 0.15) is 29.4 Å². The number of hydrogen-bond acceptors (Lipinski definition) is 3. The molecule has 0 aliphatic carbocycles. The molecule has 1 aromatic heterocycles. The van der Waals surface area contributed by atoms with Crippen molar-refractivity contribution >= 4 is 17.5 Å². The Morgan fingerprint density at radius 2 is 2.35 bits per heavy atom. The number of aliphatic hydroxyl groups excluding tert-OH is 1. The number of halogens is 1. The van der Waals surface area contributed by atoms with E-state index < -0.39 is 0 Å². The smallest absolute Gasteiger partial charge is 0.254 e. The van der Waals surface area contributed by atoms with E-state index in [0.717, 1.165) is 5.69 Å². The normalized spacial score (nSPS) is 12.2. The van der Waals surface area contributed by atoms with Gasteiger partial charge in [0.05, 0.1) is 10.6 Å². The number of aryl methyl sites for hydroxylation is 1. The summed E-state index contributed by atoms with van der Waals surface area (Å²) in [6.45, 7) is 4.43. The van der Waals surface area contributed by atoms with E-state index in [1.54, 1.807) is 6.07 Å². The standard InChI is InChI=1S/C12H17ClN2O2/c1-8(3-4-16)6-15-12(17)10-7-14-9(2)5-11(10)13/h5,7-8,16H,3-4,6H2,1-2H3,(H,15,17). The number of rotatable bonds is 5. The molecule has 1 aromatic rings. The summed E-state index contributed by atoms with van der Waals surface area (Å²) in [6, 6.07) is 1.66. The van der Waals surface area contributed by atoms with Crippen molar-refractivity contribution in [1.29, 1.82) is 0 Å². The molecular weight excluding hydrogens is 240 g/mol. The van der Waals surface area contributed by atoms with Gasteiger partial charge in [-0.3, -0.25) is 9.78 Å². The first-order chi connectivity index (χ1) is 8.04. The zero-order valence-electron chi connectivity index (χ0n) is 10.0. The van der Waals surface area contributed by atoms with Gasteiger partial charge in [0.2, 0.25) is 0 Å². The van der Waals surface area contributed by atoms with Gasteiger partial charge in [0, 0.05) is 25.0 Å². The minimum atomic E-state index is -0.229. The third-order valence-electron chi connectivity index (χ3n) is 2.47. The minimum absolute atomic E-state index is 0.129. The van der Waals surface area contributed by atoms with Gasteiger partial charge in [-0.1, -0.05) is 18.5 Å². The van der Waals surface area contributed by atoms with Crippen LogP contribution >= 0.6 is 11.6 Å². The molecule has 0 aliphatic heterocycles. The monoisotopic (exact) mass is 256 g/mol. The molecule has 1 rings (SSSR count). The fourth-order valence-electron chi connectivity index (χ4n) is 1.38. The van der Waals surface area contributed by atoms with Crippen LogP contribution in [0.4, 0.5) is 0 Å². The average molecular weight is 257 g/mol. The van der Waals surface area contributed by atoms with E-state index >= 15 is 0 Å². The Kier molecular flexibility index (Phi) is 5.38. The second-order valence-corrected chi connectivity index (χ2v) is 4.54. The molecule has 1 amide bonds. The van der Waals surface area contributed by atoms with Gasteiger partial charge in [0.25, 0.3) is 5.91 Å². The molecule has 1 atom stereocenters. The molecule has 94 valence electrons. The van der Waals surface area contributed by atoms with Crippen LogP contribution < -0.4 is 5.32 Å². The summed E-state index contributed by atoms with van der Waals surface area (Å²) < 4.78 is 0. The number of aromatic nitrogens is 1. The second-order valence-electron chi connectivity index (χ2n) is 4.13. The van der Waals surface area contributed by atoms with Gasteiger partial charge in [0.15, 0.2) is 0 Å². The van der Waals surface area contributed by atoms with Crippen LogP contribution in [-0.2, 0) is 0 Å². The Bertz CT molecular complexity index is 396. The van der Waals surface area contributed by atoms with E-state index in [2.05, 4.69) is 10.3 Å². The molecule has 1 unspecified atom stereocenters. The molecule has 17 heavy (non-hydrogen) atoms. The number of carbonyl (C=O) groups is 1. The number of carbonyl (C=O) groups excluding carboxylic acids is 1. The maximum atomic E-state index is 11.8. The third-order valence-corrected chi connectivity index (χ3v) is 2.78. The maximum Gasteiger partial charge on any atom is 0.254 e. The molecule has 0 radical (unpaired) electrons. The van der Waals surface area contributed by atoms with Crippen molar-refractivity contribution in [2.45, 2.75) is 20.3 Å². The van der Waals surface area contributed by atoms with E-state index in [4.69, 9.17) is 16.7 Å². The Morgan fingerprint density at radius 1 is 1.65 bits per heavy atom. The molecule has 1 heterocycles. The van der Waals surface area contributed by atoms with Crippen LogP contribution in [0.2, 0.25) is 5.02 Å². The van der Waals surface area contributed by atoms with E-state index in [1.807, 2.05) is 13.8 Å². The van der Waals surface area contributed by atoms with Gasteiger partial charge in [0.1, 0.15) is 0 Å². The van der Waals surface area contributed by atoms with E-state index in [1.165, 1.54) is 6.20 Å². The molecule has 0 spiro atoms. The molecule has 5 heteroatoms. The van der Waals surface area contributed by atoms with Gasteiger partial charge >= 0.3 is 0 Å². The number of aliphatic hydroxyl groups is 1. The Balaban J connectivity index is 2.58. The Labute approximate surface area is 106 Å². The van der Waals surface area contributed by atoms with Crippen LogP contribution in [0.3, 0.4) is 0 Å². The Hall–Kier alpha value is -1.13. The summed E-state index contributed by atoms with van der Waals surface area (Å²) in [6.07, 6.45) is 2.14. The highest BCUT2D eigenvalue weighted by Gasteiger charge is 2.11. The van der Waals surface area contributed by atoms with Crippen molar-refractivity contribution in [3.63, 3.8) is 0 Å². The topological polar surface area (TPSA) is 62.2 Å². The quantitative estimate of drug-likeness (QED) is 0.844. The average Bonchev–Trinajstić information content (AvgIpc) is 2.26. The fourth-order valence-corrected chi connectivity index (χ4v) is 1.67. The van der Waals surface area contributed by atoms with Gasteiger partial charge < -0.3 is 10.4 Å². The van der Waals surface area contributed by atoms with Crippen molar-refractivity contribution in [3.8, 4) is 0 Å². The fraction of sp³-hybridized carbons (Fsp3) is 0.500. The molecular formula is C12H17ClN2O2. The summed E-state index contributed by atoms with van der Waals surface area (Å²) in [5.74, 6) is 0.00780. The zero-order valence-corrected chi connectivity index (χ0v) is 10.8. The maximum absolute atomic E-state index is 11.8. The van der Waals surface area contributed by atoms with Crippen molar-refractivity contribution in [1.82, 2.24) is 10.3 Å². The highest BCUT2D eigenvalue weighted by molar-refractivity contribution is 6.33. The predicted octanol–water partition coefficient (Wildman–Crippen LogP) is 1.79. The van der Waals surface area contributed by atoms with Crippen LogP contribution in [-0.4, -0.2) is 29.1 Å².